The van der Waals surface area contributed by atoms with Gasteiger partial charge in [0.2, 0.25) is 0 Å². The summed E-state index contributed by atoms with van der Waals surface area (Å²) in [6, 6.07) is 0. The van der Waals surface area contributed by atoms with Crippen LogP contribution in [0.25, 0.3) is 0 Å². The maximum atomic E-state index is 9.31. The van der Waals surface area contributed by atoms with Crippen molar-refractivity contribution in [2.24, 2.45) is 0 Å². The molecule has 0 unspecified atom stereocenters. The zero-order valence-electron chi connectivity index (χ0n) is 1.13. The molecule has 0 aromatic rings. The fraction of sp³-hybridized carbons (Fsp3) is 0. The summed E-state index contributed by atoms with van der Waals surface area (Å²) < 4.78 is 9.31. The van der Waals surface area contributed by atoms with Gasteiger partial charge in [-0.05, 0) is 0 Å². The molecule has 0 amide bonds. The summed E-state index contributed by atoms with van der Waals surface area (Å²) in [5, 5.41) is 0. The zero-order valence-corrected chi connectivity index (χ0v) is 5.14. The molecule has 0 rings (SSSR count). The molecule has 6 heteroatoms. The van der Waals surface area contributed by atoms with Crippen molar-refractivity contribution in [1.29, 1.82) is 0 Å². The van der Waals surface area contributed by atoms with Gasteiger partial charge < -0.3 is 0 Å². The van der Waals surface area contributed by atoms with Gasteiger partial charge in [-0.2, -0.15) is 3.56 Å². The van der Waals surface area contributed by atoms with Crippen LogP contribution in [0, 0.1) is 49.4 Å². The minimum atomic E-state index is 0. The van der Waals surface area contributed by atoms with Crippen molar-refractivity contribution >= 4 is 134 Å². The van der Waals surface area contributed by atoms with Gasteiger partial charge in [0, 0.05) is 49.4 Å². The summed E-state index contributed by atoms with van der Waals surface area (Å²) in [5.74, 6) is 0. The van der Waals surface area contributed by atoms with Crippen molar-refractivity contribution in [1.82, 2.24) is 0 Å². The summed E-state index contributed by atoms with van der Waals surface area (Å²) in [5.41, 5.74) is 0. The van der Waals surface area contributed by atoms with Gasteiger partial charge in [-0.1, -0.05) is 0 Å². The molecule has 0 aromatic carbocycles. The van der Waals surface area contributed by atoms with Gasteiger partial charge >= 0.3 is 117 Å². The van der Waals surface area contributed by atoms with Gasteiger partial charge in [-0.25, -0.2) is 0 Å². The van der Waals surface area contributed by atoms with E-state index in [1.165, 1.54) is 16.4 Å². The van der Waals surface area contributed by atoms with Gasteiger partial charge in [0.05, 0.1) is 0 Å². The minimum absolute atomic E-state index is 0. The molecule has 0 aliphatic carbocycles. The van der Waals surface area contributed by atoms with Gasteiger partial charge in [0.1, 0.15) is 0 Å². The molecule has 0 heterocycles. The van der Waals surface area contributed by atoms with Crippen LogP contribution in [0.5, 0.6) is 0 Å². The first kappa shape index (κ1) is 29.8. The van der Waals surface area contributed by atoms with E-state index in [0.717, 1.165) is 0 Å². The summed E-state index contributed by atoms with van der Waals surface area (Å²) in [7, 11) is 0. The Morgan fingerprint density at radius 2 is 1.17 bits per heavy atom. The van der Waals surface area contributed by atoms with Crippen molar-refractivity contribution in [3.8, 4) is 0 Å². The Morgan fingerprint density at radius 1 is 1.17 bits per heavy atom. The molecule has 0 saturated carbocycles. The Balaban J connectivity index is -0.000000000833. The van der Waals surface area contributed by atoms with Crippen molar-refractivity contribution in [2.45, 2.75) is 0 Å². The average molecular weight is 506 g/mol. The molecular formula is H6BaBrEuFMgSr. The quantitative estimate of drug-likeness (QED) is 0.352. The van der Waals surface area contributed by atoms with E-state index in [0.29, 0.717) is 0 Å². The summed E-state index contributed by atoms with van der Waals surface area (Å²) in [4.78, 5) is 0. The topological polar surface area (TPSA) is 0 Å². The van der Waals surface area contributed by atoms with Crippen molar-refractivity contribution < 1.29 is 52.9 Å². The molecule has 0 nitrogen and oxygen atoms in total. The van der Waals surface area contributed by atoms with E-state index in [-0.39, 0.29) is 167 Å². The van der Waals surface area contributed by atoms with E-state index in [4.69, 9.17) is 0 Å². The summed E-state index contributed by atoms with van der Waals surface area (Å²) in [6.07, 6.45) is 0. The monoisotopic (exact) mass is 507 g/mol. The summed E-state index contributed by atoms with van der Waals surface area (Å²) in [6.45, 7) is 0. The second-order valence-electron chi connectivity index (χ2n) is 0. The molecule has 0 spiro atoms. The molecule has 0 bridgehead atoms. The standard InChI is InChI=1S/Ba.BrF.Eu.Mg.Sr.6H/c;1-2;;;;;;;;;. The van der Waals surface area contributed by atoms with Crippen LogP contribution in [0.2, 0.25) is 0 Å². The second kappa shape index (κ2) is 30.8. The van der Waals surface area contributed by atoms with Gasteiger partial charge in [-0.3, -0.25) is 0 Å². The van der Waals surface area contributed by atoms with Crippen LogP contribution in [0.1, 0.15) is 0 Å². The predicted octanol–water partition coefficient (Wildman–Crippen LogP) is -1.48. The zero-order chi connectivity index (χ0) is 2.00. The number of hydrogen-bond donors (Lipinski definition) is 0. The van der Waals surface area contributed by atoms with Crippen LogP contribution in [-0.2, 0) is 0 Å². The molecule has 0 aromatic heterocycles. The van der Waals surface area contributed by atoms with Crippen LogP contribution in [0.4, 0.5) is 3.56 Å². The molecule has 0 N–H and O–H groups in total. The van der Waals surface area contributed by atoms with E-state index >= 15 is 0 Å². The Hall–Kier alpha value is 5.81. The van der Waals surface area contributed by atoms with Crippen molar-refractivity contribution in [3.05, 3.63) is 0 Å². The number of rotatable bonds is 0. The normalized spacial score (nSPS) is 1.00. The van der Waals surface area contributed by atoms with Crippen LogP contribution in [0.15, 0.2) is 0 Å². The van der Waals surface area contributed by atoms with Crippen LogP contribution >= 0.6 is 16.4 Å². The van der Waals surface area contributed by atoms with Gasteiger partial charge in [0.15, 0.2) is 16.4 Å². The Labute approximate surface area is 180 Å². The van der Waals surface area contributed by atoms with Crippen LogP contribution in [-0.4, -0.2) is 117 Å². The third-order valence-corrected chi connectivity index (χ3v) is 0. The third-order valence-electron chi connectivity index (χ3n) is 0. The molecule has 0 saturated heterocycles. The number of hydrogen-bond acceptors (Lipinski definition) is 0. The Morgan fingerprint density at radius 3 is 1.17 bits per heavy atom. The molecule has 6 heavy (non-hydrogen) atoms. The van der Waals surface area contributed by atoms with Crippen LogP contribution < -0.4 is 0 Å². The third kappa shape index (κ3) is 22.6. The van der Waals surface area contributed by atoms with Crippen molar-refractivity contribution in [3.63, 3.8) is 0 Å². The molecule has 1 radical (unpaired) electrons. The fourth-order valence-electron chi connectivity index (χ4n) is 0. The van der Waals surface area contributed by atoms with E-state index in [1.807, 2.05) is 0 Å². The first-order chi connectivity index (χ1) is 1.00. The summed E-state index contributed by atoms with van der Waals surface area (Å²) >= 11 is 1.44. The Bertz CT molecular complexity index is 15.5. The first-order valence-electron chi connectivity index (χ1n) is 0.143. The van der Waals surface area contributed by atoms with E-state index < -0.39 is 0 Å². The second-order valence-corrected chi connectivity index (χ2v) is 0. The number of halogens is 2. The van der Waals surface area contributed by atoms with E-state index in [9.17, 15) is 3.56 Å². The van der Waals surface area contributed by atoms with Crippen molar-refractivity contribution in [2.75, 3.05) is 0 Å². The SMILES string of the molecule is FBr.[BaH2].[Eu].[MgH2].[SrH2]. The van der Waals surface area contributed by atoms with Gasteiger partial charge in [-0.15, -0.1) is 0 Å². The molecule has 33 valence electrons. The average Bonchev–Trinajstić information content (AvgIpc) is 1.00. The van der Waals surface area contributed by atoms with E-state index in [2.05, 4.69) is 0 Å². The molecule has 0 atom stereocenters. The maximum absolute atomic E-state index is 9.31. The van der Waals surface area contributed by atoms with E-state index in [1.54, 1.807) is 0 Å². The van der Waals surface area contributed by atoms with Crippen LogP contribution in [0.3, 0.4) is 0 Å². The Kier molecular flexibility index (Phi) is 153. The van der Waals surface area contributed by atoms with Gasteiger partial charge in [0.25, 0.3) is 0 Å². The molecular weight excluding hydrogens is 500 g/mol. The molecule has 0 aliphatic heterocycles. The first-order valence-corrected chi connectivity index (χ1v) is 0.742. The molecule has 0 fully saturated rings. The fourth-order valence-corrected chi connectivity index (χ4v) is 0. The molecule has 0 aliphatic rings. The predicted molar refractivity (Wildman–Crippen MR) is 35.7 cm³/mol.